The van der Waals surface area contributed by atoms with Crippen molar-refractivity contribution in [2.75, 3.05) is 14.1 Å². The summed E-state index contributed by atoms with van der Waals surface area (Å²) in [5.74, 6) is -0.414. The first-order valence-electron chi connectivity index (χ1n) is 7.26. The lowest BCUT2D eigenvalue weighted by Gasteiger charge is -2.25. The van der Waals surface area contributed by atoms with Crippen molar-refractivity contribution in [3.8, 4) is 0 Å². The lowest BCUT2D eigenvalue weighted by atomic mass is 9.99. The van der Waals surface area contributed by atoms with Gasteiger partial charge in [0.15, 0.2) is 0 Å². The molecule has 2 rings (SSSR count). The molecule has 0 spiro atoms. The zero-order valence-corrected chi connectivity index (χ0v) is 14.5. The van der Waals surface area contributed by atoms with Crippen LogP contribution in [0.1, 0.15) is 18.4 Å². The van der Waals surface area contributed by atoms with Crippen molar-refractivity contribution in [2.45, 2.75) is 25.4 Å². The van der Waals surface area contributed by atoms with E-state index in [-0.39, 0.29) is 11.8 Å². The highest BCUT2D eigenvalue weighted by molar-refractivity contribution is 6.35. The Hall–Kier alpha value is -1.72. The molecule has 0 aliphatic carbocycles. The zero-order chi connectivity index (χ0) is 17.0. The van der Waals surface area contributed by atoms with Crippen molar-refractivity contribution >= 4 is 35.0 Å². The molecule has 0 aromatic heterocycles. The Labute approximate surface area is 145 Å². The van der Waals surface area contributed by atoms with Crippen molar-refractivity contribution in [1.82, 2.24) is 15.5 Å². The van der Waals surface area contributed by atoms with Gasteiger partial charge < -0.3 is 15.5 Å². The maximum absolute atomic E-state index is 12.2. The number of piperidine rings is 1. The van der Waals surface area contributed by atoms with Crippen molar-refractivity contribution in [3.05, 3.63) is 45.6 Å². The SMILES string of the molecule is CN(C)/C=C1\CC[C@@H](C(=O)NCc2ccc(Cl)cc2Cl)NC1=O. The van der Waals surface area contributed by atoms with Gasteiger partial charge in [-0.1, -0.05) is 29.3 Å². The number of rotatable bonds is 4. The van der Waals surface area contributed by atoms with E-state index in [1.54, 1.807) is 24.4 Å². The first kappa shape index (κ1) is 17.6. The average molecular weight is 356 g/mol. The van der Waals surface area contributed by atoms with Crippen LogP contribution in [0, 0.1) is 0 Å². The molecule has 0 unspecified atom stereocenters. The largest absolute Gasteiger partial charge is 0.383 e. The predicted octanol–water partition coefficient (Wildman–Crippen LogP) is 2.33. The van der Waals surface area contributed by atoms with E-state index < -0.39 is 6.04 Å². The lowest BCUT2D eigenvalue weighted by molar-refractivity contribution is -0.128. The molecule has 1 aliphatic heterocycles. The third-order valence-electron chi connectivity index (χ3n) is 3.50. The number of carbonyl (C=O) groups excluding carboxylic acids is 2. The molecule has 1 aromatic carbocycles. The second kappa shape index (κ2) is 7.70. The second-order valence-electron chi connectivity index (χ2n) is 5.64. The fourth-order valence-electron chi connectivity index (χ4n) is 2.34. The minimum atomic E-state index is -0.520. The van der Waals surface area contributed by atoms with Crippen molar-refractivity contribution in [1.29, 1.82) is 0 Å². The van der Waals surface area contributed by atoms with Gasteiger partial charge in [-0.3, -0.25) is 9.59 Å². The molecule has 1 fully saturated rings. The van der Waals surface area contributed by atoms with Gasteiger partial charge in [-0.25, -0.2) is 0 Å². The Balaban J connectivity index is 1.91. The topological polar surface area (TPSA) is 61.4 Å². The predicted molar refractivity (Wildman–Crippen MR) is 91.2 cm³/mol. The number of carbonyl (C=O) groups is 2. The number of amides is 2. The van der Waals surface area contributed by atoms with Gasteiger partial charge in [-0.05, 0) is 30.5 Å². The monoisotopic (exact) mass is 355 g/mol. The van der Waals surface area contributed by atoms with Gasteiger partial charge in [-0.2, -0.15) is 0 Å². The summed E-state index contributed by atoms with van der Waals surface area (Å²) >= 11 is 11.9. The van der Waals surface area contributed by atoms with Gasteiger partial charge in [0.05, 0.1) is 0 Å². The first-order valence-corrected chi connectivity index (χ1v) is 8.02. The summed E-state index contributed by atoms with van der Waals surface area (Å²) in [6.45, 7) is 0.293. The number of hydrogen-bond acceptors (Lipinski definition) is 3. The number of hydrogen-bond donors (Lipinski definition) is 2. The first-order chi connectivity index (χ1) is 10.9. The molecular weight excluding hydrogens is 337 g/mol. The molecule has 0 radical (unpaired) electrons. The Morgan fingerprint density at radius 1 is 1.43 bits per heavy atom. The smallest absolute Gasteiger partial charge is 0.249 e. The lowest BCUT2D eigenvalue weighted by Crippen LogP contribution is -2.49. The van der Waals surface area contributed by atoms with E-state index in [4.69, 9.17) is 23.2 Å². The minimum Gasteiger partial charge on any atom is -0.383 e. The Morgan fingerprint density at radius 3 is 2.78 bits per heavy atom. The zero-order valence-electron chi connectivity index (χ0n) is 13.0. The summed E-state index contributed by atoms with van der Waals surface area (Å²) in [5, 5.41) is 6.57. The number of benzene rings is 1. The Bertz CT molecular complexity index is 644. The molecule has 124 valence electrons. The normalized spacial score (nSPS) is 19.4. The van der Waals surface area contributed by atoms with Crippen LogP contribution in [0.5, 0.6) is 0 Å². The molecule has 0 saturated carbocycles. The molecular formula is C16H19Cl2N3O2. The molecule has 7 heteroatoms. The molecule has 1 aromatic rings. The van der Waals surface area contributed by atoms with Gasteiger partial charge in [0, 0.05) is 42.5 Å². The highest BCUT2D eigenvalue weighted by Crippen LogP contribution is 2.21. The number of nitrogens with zero attached hydrogens (tertiary/aromatic N) is 1. The van der Waals surface area contributed by atoms with Crippen LogP contribution < -0.4 is 10.6 Å². The van der Waals surface area contributed by atoms with E-state index in [0.29, 0.717) is 35.0 Å². The molecule has 2 N–H and O–H groups in total. The van der Waals surface area contributed by atoms with E-state index >= 15 is 0 Å². The van der Waals surface area contributed by atoms with E-state index in [1.165, 1.54) is 0 Å². The minimum absolute atomic E-state index is 0.199. The number of nitrogens with one attached hydrogen (secondary N) is 2. The Kier molecular flexibility index (Phi) is 5.91. The summed E-state index contributed by atoms with van der Waals surface area (Å²) < 4.78 is 0. The van der Waals surface area contributed by atoms with Crippen LogP contribution >= 0.6 is 23.2 Å². The van der Waals surface area contributed by atoms with E-state index in [2.05, 4.69) is 10.6 Å². The third-order valence-corrected chi connectivity index (χ3v) is 4.08. The second-order valence-corrected chi connectivity index (χ2v) is 6.48. The van der Waals surface area contributed by atoms with Crippen LogP contribution in [-0.4, -0.2) is 36.9 Å². The van der Waals surface area contributed by atoms with Gasteiger partial charge in [0.2, 0.25) is 11.8 Å². The molecule has 5 nitrogen and oxygen atoms in total. The summed E-state index contributed by atoms with van der Waals surface area (Å²) in [4.78, 5) is 26.0. The van der Waals surface area contributed by atoms with Crippen LogP contribution in [0.25, 0.3) is 0 Å². The summed E-state index contributed by atoms with van der Waals surface area (Å²) in [6.07, 6.45) is 2.92. The highest BCUT2D eigenvalue weighted by atomic mass is 35.5. The average Bonchev–Trinajstić information content (AvgIpc) is 2.47. The summed E-state index contributed by atoms with van der Waals surface area (Å²) in [7, 11) is 3.71. The van der Waals surface area contributed by atoms with Crippen molar-refractivity contribution in [2.24, 2.45) is 0 Å². The van der Waals surface area contributed by atoms with Crippen LogP contribution in [0.4, 0.5) is 0 Å². The quantitative estimate of drug-likeness (QED) is 0.814. The van der Waals surface area contributed by atoms with E-state index in [0.717, 1.165) is 5.56 Å². The molecule has 1 heterocycles. The van der Waals surface area contributed by atoms with Gasteiger partial charge >= 0.3 is 0 Å². The molecule has 23 heavy (non-hydrogen) atoms. The van der Waals surface area contributed by atoms with Crippen molar-refractivity contribution < 1.29 is 9.59 Å². The summed E-state index contributed by atoms with van der Waals surface area (Å²) in [5.41, 5.74) is 1.46. The van der Waals surface area contributed by atoms with E-state index in [9.17, 15) is 9.59 Å². The molecule has 1 saturated heterocycles. The van der Waals surface area contributed by atoms with Crippen LogP contribution in [-0.2, 0) is 16.1 Å². The maximum Gasteiger partial charge on any atom is 0.249 e. The van der Waals surface area contributed by atoms with Crippen LogP contribution in [0.2, 0.25) is 10.0 Å². The van der Waals surface area contributed by atoms with Gasteiger partial charge in [0.25, 0.3) is 0 Å². The van der Waals surface area contributed by atoms with Crippen molar-refractivity contribution in [3.63, 3.8) is 0 Å². The molecule has 1 aliphatic rings. The van der Waals surface area contributed by atoms with Gasteiger partial charge in [-0.15, -0.1) is 0 Å². The van der Waals surface area contributed by atoms with Crippen LogP contribution in [0.3, 0.4) is 0 Å². The fourth-order valence-corrected chi connectivity index (χ4v) is 2.81. The van der Waals surface area contributed by atoms with Gasteiger partial charge in [0.1, 0.15) is 6.04 Å². The summed E-state index contributed by atoms with van der Waals surface area (Å²) in [6, 6.07) is 4.59. The maximum atomic E-state index is 12.2. The fraction of sp³-hybridized carbons (Fsp3) is 0.375. The van der Waals surface area contributed by atoms with Crippen LogP contribution in [0.15, 0.2) is 30.0 Å². The molecule has 0 bridgehead atoms. The molecule has 2 amide bonds. The number of halogens is 2. The Morgan fingerprint density at radius 2 is 2.17 bits per heavy atom. The van der Waals surface area contributed by atoms with E-state index in [1.807, 2.05) is 19.0 Å². The highest BCUT2D eigenvalue weighted by Gasteiger charge is 2.27. The molecule has 1 atom stereocenters. The standard InChI is InChI=1S/C16H19Cl2N3O2/c1-21(2)9-11-4-6-14(20-15(11)22)16(23)19-8-10-3-5-12(17)7-13(10)18/h3,5,7,9,14H,4,6,8H2,1-2H3,(H,19,23)(H,20,22)/b11-9+/t14-/m0/s1. The third kappa shape index (κ3) is 4.88.